The first kappa shape index (κ1) is 23.3. The fraction of sp³-hybridized carbons (Fsp3) is 0.478. The van der Waals surface area contributed by atoms with Crippen molar-refractivity contribution >= 4 is 29.2 Å². The molecular weight excluding hydrogens is 412 g/mol. The van der Waals surface area contributed by atoms with Crippen molar-refractivity contribution < 1.29 is 23.6 Å². The summed E-state index contributed by atoms with van der Waals surface area (Å²) in [6.07, 6.45) is 4.04. The van der Waals surface area contributed by atoms with Crippen LogP contribution in [0.25, 0.3) is 0 Å². The third kappa shape index (κ3) is 6.83. The Morgan fingerprint density at radius 2 is 1.84 bits per heavy atom. The van der Waals surface area contributed by atoms with Crippen LogP contribution >= 0.6 is 0 Å². The van der Waals surface area contributed by atoms with Gasteiger partial charge in [0.15, 0.2) is 5.82 Å². The second-order valence-corrected chi connectivity index (χ2v) is 7.83. The molecule has 2 aromatic rings. The van der Waals surface area contributed by atoms with Gasteiger partial charge in [0.2, 0.25) is 17.7 Å². The fourth-order valence-corrected chi connectivity index (χ4v) is 3.69. The van der Waals surface area contributed by atoms with E-state index in [9.17, 15) is 14.4 Å². The Balaban J connectivity index is 1.63. The summed E-state index contributed by atoms with van der Waals surface area (Å²) in [7, 11) is 0. The highest BCUT2D eigenvalue weighted by atomic mass is 16.5. The maximum absolute atomic E-state index is 13.0. The van der Waals surface area contributed by atoms with Gasteiger partial charge >= 0.3 is 0 Å². The van der Waals surface area contributed by atoms with E-state index in [1.54, 1.807) is 37.3 Å². The van der Waals surface area contributed by atoms with Gasteiger partial charge in [-0.05, 0) is 51.0 Å². The van der Waals surface area contributed by atoms with Crippen LogP contribution in [0.5, 0.6) is 5.75 Å². The molecule has 1 aliphatic rings. The van der Waals surface area contributed by atoms with Crippen LogP contribution in [0.2, 0.25) is 0 Å². The van der Waals surface area contributed by atoms with Gasteiger partial charge in [-0.2, -0.15) is 0 Å². The van der Waals surface area contributed by atoms with Gasteiger partial charge in [-0.3, -0.25) is 14.4 Å². The van der Waals surface area contributed by atoms with Crippen molar-refractivity contribution in [2.24, 2.45) is 0 Å². The molecule has 3 rings (SSSR count). The summed E-state index contributed by atoms with van der Waals surface area (Å²) in [6.45, 7) is 4.04. The number of hydrogen-bond acceptors (Lipinski definition) is 6. The first-order chi connectivity index (χ1) is 15.4. The zero-order valence-corrected chi connectivity index (χ0v) is 18.6. The van der Waals surface area contributed by atoms with Crippen LogP contribution in [-0.2, 0) is 14.4 Å². The number of amides is 3. The Morgan fingerprint density at radius 1 is 1.12 bits per heavy atom. The van der Waals surface area contributed by atoms with E-state index in [1.807, 2.05) is 6.92 Å². The standard InChI is InChI=1S/C23H30N4O5/c1-3-31-19-10-8-18(9-11-19)27(15-22(29)24-17-6-4-5-7-17)23(30)13-12-21(28)25-20-14-16(2)32-26-20/h8-11,14,17H,3-7,12-13,15H2,1-2H3,(H,24,29)(H,25,26,28). The van der Waals surface area contributed by atoms with Gasteiger partial charge in [-0.25, -0.2) is 0 Å². The van der Waals surface area contributed by atoms with Gasteiger partial charge in [-0.1, -0.05) is 18.0 Å². The van der Waals surface area contributed by atoms with Gasteiger partial charge < -0.3 is 24.8 Å². The van der Waals surface area contributed by atoms with Crippen molar-refractivity contribution in [2.75, 3.05) is 23.4 Å². The van der Waals surface area contributed by atoms with Crippen molar-refractivity contribution in [3.63, 3.8) is 0 Å². The molecular formula is C23H30N4O5. The topological polar surface area (TPSA) is 114 Å². The second kappa shape index (κ2) is 11.3. The predicted molar refractivity (Wildman–Crippen MR) is 119 cm³/mol. The van der Waals surface area contributed by atoms with Crippen LogP contribution in [0.4, 0.5) is 11.5 Å². The van der Waals surface area contributed by atoms with Gasteiger partial charge in [0, 0.05) is 30.6 Å². The number of nitrogens with zero attached hydrogens (tertiary/aromatic N) is 2. The third-order valence-corrected chi connectivity index (χ3v) is 5.24. The van der Waals surface area contributed by atoms with Crippen molar-refractivity contribution in [3.05, 3.63) is 36.1 Å². The number of carbonyl (C=O) groups is 3. The maximum Gasteiger partial charge on any atom is 0.240 e. The van der Waals surface area contributed by atoms with Crippen LogP contribution in [0.1, 0.15) is 51.2 Å². The van der Waals surface area contributed by atoms with Crippen LogP contribution in [-0.4, -0.2) is 42.1 Å². The summed E-state index contributed by atoms with van der Waals surface area (Å²) in [4.78, 5) is 39.2. The van der Waals surface area contributed by atoms with E-state index in [0.717, 1.165) is 25.7 Å². The number of carbonyl (C=O) groups excluding carboxylic acids is 3. The number of ether oxygens (including phenoxy) is 1. The Morgan fingerprint density at radius 3 is 2.47 bits per heavy atom. The van der Waals surface area contributed by atoms with E-state index in [-0.39, 0.29) is 43.1 Å². The number of rotatable bonds is 10. The van der Waals surface area contributed by atoms with Crippen LogP contribution in [0.3, 0.4) is 0 Å². The number of nitrogens with one attached hydrogen (secondary N) is 2. The molecule has 0 radical (unpaired) electrons. The van der Waals surface area contributed by atoms with Gasteiger partial charge in [0.25, 0.3) is 0 Å². The lowest BCUT2D eigenvalue weighted by atomic mass is 10.2. The highest BCUT2D eigenvalue weighted by Gasteiger charge is 2.23. The summed E-state index contributed by atoms with van der Waals surface area (Å²) in [5, 5.41) is 9.32. The molecule has 0 saturated heterocycles. The molecule has 1 aromatic carbocycles. The summed E-state index contributed by atoms with van der Waals surface area (Å²) in [6, 6.07) is 8.76. The molecule has 2 N–H and O–H groups in total. The smallest absolute Gasteiger partial charge is 0.240 e. The molecule has 9 heteroatoms. The lowest BCUT2D eigenvalue weighted by Crippen LogP contribution is -2.43. The zero-order valence-electron chi connectivity index (χ0n) is 18.6. The molecule has 9 nitrogen and oxygen atoms in total. The Bertz CT molecular complexity index is 919. The molecule has 0 spiro atoms. The minimum atomic E-state index is -0.353. The number of benzene rings is 1. The summed E-state index contributed by atoms with van der Waals surface area (Å²) in [5.41, 5.74) is 0.576. The lowest BCUT2D eigenvalue weighted by Gasteiger charge is -2.24. The average Bonchev–Trinajstić information content (AvgIpc) is 3.43. The van der Waals surface area contributed by atoms with Gasteiger partial charge in [0.1, 0.15) is 18.1 Å². The van der Waals surface area contributed by atoms with E-state index in [0.29, 0.717) is 29.6 Å². The molecule has 1 aliphatic carbocycles. The summed E-state index contributed by atoms with van der Waals surface area (Å²) in [5.74, 6) is 0.685. The third-order valence-electron chi connectivity index (χ3n) is 5.24. The average molecular weight is 443 g/mol. The minimum absolute atomic E-state index is 0.0392. The van der Waals surface area contributed by atoms with Gasteiger partial charge in [0.05, 0.1) is 6.61 Å². The molecule has 1 saturated carbocycles. The minimum Gasteiger partial charge on any atom is -0.494 e. The van der Waals surface area contributed by atoms with Crippen LogP contribution in [0, 0.1) is 6.92 Å². The molecule has 1 aromatic heterocycles. The van der Waals surface area contributed by atoms with Gasteiger partial charge in [-0.15, -0.1) is 0 Å². The fourth-order valence-electron chi connectivity index (χ4n) is 3.69. The molecule has 0 bridgehead atoms. The first-order valence-electron chi connectivity index (χ1n) is 11.0. The Kier molecular flexibility index (Phi) is 8.24. The van der Waals surface area contributed by atoms with Crippen LogP contribution < -0.4 is 20.3 Å². The molecule has 32 heavy (non-hydrogen) atoms. The number of anilines is 2. The molecule has 1 fully saturated rings. The Labute approximate surface area is 187 Å². The van der Waals surface area contributed by atoms with Crippen molar-refractivity contribution in [1.82, 2.24) is 10.5 Å². The molecule has 1 heterocycles. The van der Waals surface area contributed by atoms with E-state index >= 15 is 0 Å². The molecule has 0 unspecified atom stereocenters. The predicted octanol–water partition coefficient (Wildman–Crippen LogP) is 3.19. The quantitative estimate of drug-likeness (QED) is 0.584. The number of hydrogen-bond donors (Lipinski definition) is 2. The summed E-state index contributed by atoms with van der Waals surface area (Å²) >= 11 is 0. The van der Waals surface area contributed by atoms with Crippen molar-refractivity contribution in [3.8, 4) is 5.75 Å². The molecule has 0 atom stereocenters. The highest BCUT2D eigenvalue weighted by Crippen LogP contribution is 2.22. The monoisotopic (exact) mass is 442 g/mol. The SMILES string of the molecule is CCOc1ccc(N(CC(=O)NC2CCCC2)C(=O)CCC(=O)Nc2cc(C)on2)cc1. The van der Waals surface area contributed by atoms with E-state index in [1.165, 1.54) is 4.90 Å². The van der Waals surface area contributed by atoms with E-state index in [2.05, 4.69) is 15.8 Å². The van der Waals surface area contributed by atoms with Crippen molar-refractivity contribution in [2.45, 2.75) is 58.4 Å². The van der Waals surface area contributed by atoms with E-state index in [4.69, 9.17) is 9.26 Å². The highest BCUT2D eigenvalue weighted by molar-refractivity contribution is 6.01. The largest absolute Gasteiger partial charge is 0.494 e. The summed E-state index contributed by atoms with van der Waals surface area (Å²) < 4.78 is 10.4. The second-order valence-electron chi connectivity index (χ2n) is 7.83. The maximum atomic E-state index is 13.0. The molecule has 0 aliphatic heterocycles. The van der Waals surface area contributed by atoms with Crippen molar-refractivity contribution in [1.29, 1.82) is 0 Å². The zero-order chi connectivity index (χ0) is 22.9. The molecule has 3 amide bonds. The first-order valence-corrected chi connectivity index (χ1v) is 11.0. The van der Waals surface area contributed by atoms with Crippen LogP contribution in [0.15, 0.2) is 34.9 Å². The molecule has 172 valence electrons. The van der Waals surface area contributed by atoms with E-state index < -0.39 is 0 Å². The Hall–Kier alpha value is -3.36. The normalized spacial score (nSPS) is 13.6. The number of aryl methyl sites for hydroxylation is 1. The lowest BCUT2D eigenvalue weighted by molar-refractivity contribution is -0.125. The number of aromatic nitrogens is 1.